The van der Waals surface area contributed by atoms with Crippen molar-refractivity contribution in [2.24, 2.45) is 0 Å². The molecule has 0 unspecified atom stereocenters. The number of carbonyl (C=O) groups excluding carboxylic acids is 1. The summed E-state index contributed by atoms with van der Waals surface area (Å²) >= 11 is 7.33. The number of ether oxygens (including phenoxy) is 1. The quantitative estimate of drug-likeness (QED) is 0.765. The first-order valence-electron chi connectivity index (χ1n) is 6.45. The van der Waals surface area contributed by atoms with Crippen LogP contribution in [-0.4, -0.2) is 17.5 Å². The van der Waals surface area contributed by atoms with E-state index in [9.17, 15) is 4.79 Å². The van der Waals surface area contributed by atoms with Crippen molar-refractivity contribution < 1.29 is 9.53 Å². The monoisotopic (exact) mass is 333 g/mol. The topological polar surface area (TPSA) is 77.2 Å². The number of hydrogen-bond donors (Lipinski definition) is 2. The van der Waals surface area contributed by atoms with Crippen molar-refractivity contribution in [3.8, 4) is 5.75 Å². The molecule has 0 aliphatic rings. The van der Waals surface area contributed by atoms with Crippen LogP contribution in [0.3, 0.4) is 0 Å². The normalized spacial score (nSPS) is 10.6. The average molecular weight is 334 g/mol. The Morgan fingerprint density at radius 1 is 1.32 bits per heavy atom. The fraction of sp³-hybridized carbons (Fsp3) is 0.0667. The number of rotatable bonds is 4. The van der Waals surface area contributed by atoms with E-state index in [-0.39, 0.29) is 12.5 Å². The standard InChI is InChI=1S/C15H12ClN3O2S/c16-10-3-1-2-4-12(10)21-8-14(20)18-9-5-6-11-13(7-9)22-15(17)19-11/h1-7H,8H2,(H2,17,19)(H,18,20). The summed E-state index contributed by atoms with van der Waals surface area (Å²) in [5, 5.41) is 3.73. The van der Waals surface area contributed by atoms with E-state index in [2.05, 4.69) is 10.3 Å². The number of nitrogen functional groups attached to an aromatic ring is 1. The summed E-state index contributed by atoms with van der Waals surface area (Å²) in [5.74, 6) is 0.210. The summed E-state index contributed by atoms with van der Waals surface area (Å²) in [6, 6.07) is 12.4. The molecule has 0 atom stereocenters. The van der Waals surface area contributed by atoms with Gasteiger partial charge in [0.15, 0.2) is 11.7 Å². The van der Waals surface area contributed by atoms with Crippen LogP contribution in [0.5, 0.6) is 5.75 Å². The summed E-state index contributed by atoms with van der Waals surface area (Å²) in [5.41, 5.74) is 7.14. The van der Waals surface area contributed by atoms with Crippen LogP contribution < -0.4 is 15.8 Å². The van der Waals surface area contributed by atoms with Gasteiger partial charge in [-0.05, 0) is 30.3 Å². The largest absolute Gasteiger partial charge is 0.482 e. The molecular formula is C15H12ClN3O2S. The molecule has 0 bridgehead atoms. The van der Waals surface area contributed by atoms with Gasteiger partial charge in [-0.25, -0.2) is 4.98 Å². The smallest absolute Gasteiger partial charge is 0.262 e. The second kappa shape index (κ2) is 6.21. The molecule has 3 N–H and O–H groups in total. The Bertz CT molecular complexity index is 835. The Balaban J connectivity index is 1.64. The van der Waals surface area contributed by atoms with Gasteiger partial charge in [0.1, 0.15) is 5.75 Å². The van der Waals surface area contributed by atoms with Crippen LogP contribution in [0.25, 0.3) is 10.2 Å². The zero-order valence-electron chi connectivity index (χ0n) is 11.4. The van der Waals surface area contributed by atoms with Crippen molar-refractivity contribution in [2.45, 2.75) is 0 Å². The Hall–Kier alpha value is -2.31. The minimum atomic E-state index is -0.267. The maximum atomic E-state index is 11.9. The van der Waals surface area contributed by atoms with Crippen LogP contribution in [0, 0.1) is 0 Å². The predicted octanol–water partition coefficient (Wildman–Crippen LogP) is 3.55. The number of para-hydroxylation sites is 1. The minimum Gasteiger partial charge on any atom is -0.482 e. The molecule has 3 rings (SSSR count). The van der Waals surface area contributed by atoms with Crippen molar-refractivity contribution in [2.75, 3.05) is 17.7 Å². The third-order valence-corrected chi connectivity index (χ3v) is 4.04. The highest BCUT2D eigenvalue weighted by atomic mass is 35.5. The first-order chi connectivity index (χ1) is 10.6. The molecule has 1 aromatic heterocycles. The molecular weight excluding hydrogens is 322 g/mol. The second-order valence-corrected chi connectivity index (χ2v) is 5.97. The van der Waals surface area contributed by atoms with Gasteiger partial charge in [-0.2, -0.15) is 0 Å². The number of aromatic nitrogens is 1. The second-order valence-electron chi connectivity index (χ2n) is 4.50. The summed E-state index contributed by atoms with van der Waals surface area (Å²) in [6.07, 6.45) is 0. The van der Waals surface area contributed by atoms with Crippen LogP contribution in [-0.2, 0) is 4.79 Å². The molecule has 0 fully saturated rings. The van der Waals surface area contributed by atoms with E-state index in [1.807, 2.05) is 12.1 Å². The number of carbonyl (C=O) groups is 1. The third-order valence-electron chi connectivity index (χ3n) is 2.88. The number of anilines is 2. The van der Waals surface area contributed by atoms with Crippen molar-refractivity contribution in [3.05, 3.63) is 47.5 Å². The molecule has 22 heavy (non-hydrogen) atoms. The molecule has 7 heteroatoms. The molecule has 0 aliphatic carbocycles. The number of halogens is 1. The molecule has 112 valence electrons. The fourth-order valence-corrected chi connectivity index (χ4v) is 2.89. The molecule has 0 saturated carbocycles. The van der Waals surface area contributed by atoms with Crippen LogP contribution in [0.1, 0.15) is 0 Å². The first-order valence-corrected chi connectivity index (χ1v) is 7.64. The Morgan fingerprint density at radius 3 is 2.95 bits per heavy atom. The maximum Gasteiger partial charge on any atom is 0.262 e. The van der Waals surface area contributed by atoms with Gasteiger partial charge in [0.2, 0.25) is 0 Å². The van der Waals surface area contributed by atoms with Gasteiger partial charge in [-0.1, -0.05) is 35.1 Å². The van der Waals surface area contributed by atoms with Crippen LogP contribution >= 0.6 is 22.9 Å². The maximum absolute atomic E-state index is 11.9. The number of benzene rings is 2. The number of nitrogens with two attached hydrogens (primary N) is 1. The zero-order valence-corrected chi connectivity index (χ0v) is 12.9. The van der Waals surface area contributed by atoms with Crippen LogP contribution in [0.15, 0.2) is 42.5 Å². The zero-order chi connectivity index (χ0) is 15.5. The number of thiazole rings is 1. The number of nitrogens with one attached hydrogen (secondary N) is 1. The van der Waals surface area contributed by atoms with E-state index >= 15 is 0 Å². The highest BCUT2D eigenvalue weighted by Crippen LogP contribution is 2.26. The SMILES string of the molecule is Nc1nc2ccc(NC(=O)COc3ccccc3Cl)cc2s1. The highest BCUT2D eigenvalue weighted by Gasteiger charge is 2.07. The van der Waals surface area contributed by atoms with Crippen molar-refractivity contribution >= 4 is 49.9 Å². The van der Waals surface area contributed by atoms with E-state index in [0.717, 1.165) is 10.2 Å². The van der Waals surface area contributed by atoms with E-state index in [4.69, 9.17) is 22.1 Å². The van der Waals surface area contributed by atoms with Crippen molar-refractivity contribution in [1.82, 2.24) is 4.98 Å². The number of nitrogens with zero attached hydrogens (tertiary/aromatic N) is 1. The summed E-state index contributed by atoms with van der Waals surface area (Å²) in [7, 11) is 0. The van der Waals surface area contributed by atoms with E-state index < -0.39 is 0 Å². The first kappa shape index (κ1) is 14.6. The number of amides is 1. The molecule has 0 radical (unpaired) electrons. The Morgan fingerprint density at radius 2 is 2.14 bits per heavy atom. The van der Waals surface area contributed by atoms with Gasteiger partial charge in [0.05, 0.1) is 15.2 Å². The summed E-state index contributed by atoms with van der Waals surface area (Å²) in [4.78, 5) is 16.1. The lowest BCUT2D eigenvalue weighted by Crippen LogP contribution is -2.20. The van der Waals surface area contributed by atoms with E-state index in [1.54, 1.807) is 30.3 Å². The predicted molar refractivity (Wildman–Crippen MR) is 89.6 cm³/mol. The Labute approximate surface area is 135 Å². The van der Waals surface area contributed by atoms with Gasteiger partial charge in [-0.15, -0.1) is 0 Å². The van der Waals surface area contributed by atoms with Crippen molar-refractivity contribution in [1.29, 1.82) is 0 Å². The number of fused-ring (bicyclic) bond motifs is 1. The lowest BCUT2D eigenvalue weighted by molar-refractivity contribution is -0.118. The van der Waals surface area contributed by atoms with E-state index in [1.165, 1.54) is 11.3 Å². The molecule has 0 saturated heterocycles. The van der Waals surface area contributed by atoms with Crippen LogP contribution in [0.2, 0.25) is 5.02 Å². The fourth-order valence-electron chi connectivity index (χ4n) is 1.92. The summed E-state index contributed by atoms with van der Waals surface area (Å²) in [6.45, 7) is -0.118. The molecule has 5 nitrogen and oxygen atoms in total. The van der Waals surface area contributed by atoms with Gasteiger partial charge in [-0.3, -0.25) is 4.79 Å². The molecule has 1 heterocycles. The average Bonchev–Trinajstić information content (AvgIpc) is 2.86. The molecule has 3 aromatic rings. The lowest BCUT2D eigenvalue weighted by Gasteiger charge is -2.08. The van der Waals surface area contributed by atoms with Crippen LogP contribution in [0.4, 0.5) is 10.8 Å². The van der Waals surface area contributed by atoms with Gasteiger partial charge in [0.25, 0.3) is 5.91 Å². The van der Waals surface area contributed by atoms with E-state index in [0.29, 0.717) is 21.6 Å². The summed E-state index contributed by atoms with van der Waals surface area (Å²) < 4.78 is 6.31. The Kier molecular flexibility index (Phi) is 4.13. The van der Waals surface area contributed by atoms with Gasteiger partial charge < -0.3 is 15.8 Å². The minimum absolute atomic E-state index is 0.118. The molecule has 0 aliphatic heterocycles. The molecule has 0 spiro atoms. The highest BCUT2D eigenvalue weighted by molar-refractivity contribution is 7.22. The third kappa shape index (κ3) is 3.29. The number of hydrogen-bond acceptors (Lipinski definition) is 5. The molecule has 2 aromatic carbocycles. The molecule has 1 amide bonds. The van der Waals surface area contributed by atoms with Gasteiger partial charge in [0, 0.05) is 5.69 Å². The lowest BCUT2D eigenvalue weighted by atomic mass is 10.3. The van der Waals surface area contributed by atoms with Crippen molar-refractivity contribution in [3.63, 3.8) is 0 Å². The van der Waals surface area contributed by atoms with Gasteiger partial charge >= 0.3 is 0 Å².